The van der Waals surface area contributed by atoms with E-state index in [4.69, 9.17) is 0 Å². The Morgan fingerprint density at radius 2 is 1.00 bits per heavy atom. The summed E-state index contributed by atoms with van der Waals surface area (Å²) in [6.07, 6.45) is 0. The number of hydrogen-bond donors (Lipinski definition) is 0. The molecule has 2 N–H and O–H groups in total. The fraction of sp³-hybridized carbons (Fsp3) is 0. The fourth-order valence-electron chi connectivity index (χ4n) is 0. The minimum absolute atomic E-state index is 0. The molecule has 0 heterocycles. The van der Waals surface area contributed by atoms with Gasteiger partial charge < -0.3 is 5.48 Å². The topological polar surface area (TPSA) is 31.5 Å². The van der Waals surface area contributed by atoms with Crippen molar-refractivity contribution < 1.29 is 5.48 Å². The summed E-state index contributed by atoms with van der Waals surface area (Å²) in [4.78, 5) is 0. The van der Waals surface area contributed by atoms with Crippen LogP contribution in [0.1, 0.15) is 0 Å². The van der Waals surface area contributed by atoms with Crippen molar-refractivity contribution in [2.45, 2.75) is 0 Å². The van der Waals surface area contributed by atoms with Crippen LogP contribution in [0.5, 0.6) is 0 Å². The van der Waals surface area contributed by atoms with Crippen LogP contribution in [-0.4, -0.2) is 37.8 Å². The van der Waals surface area contributed by atoms with Gasteiger partial charge in [-0.1, -0.05) is 0 Å². The van der Waals surface area contributed by atoms with Gasteiger partial charge in [-0.2, -0.15) is 9.90 Å². The summed E-state index contributed by atoms with van der Waals surface area (Å²) in [5.41, 5.74) is 0. The second-order valence-electron chi connectivity index (χ2n) is 0. The van der Waals surface area contributed by atoms with Gasteiger partial charge in [-0.05, 0) is 0 Å². The molecule has 0 rings (SSSR count). The van der Waals surface area contributed by atoms with Crippen LogP contribution in [0.4, 0.5) is 0 Å². The Bertz CT molecular complexity index is 8.00. The van der Waals surface area contributed by atoms with Crippen LogP contribution in [-0.2, 0) is 0 Å². The summed E-state index contributed by atoms with van der Waals surface area (Å²) >= 11 is 0. The van der Waals surface area contributed by atoms with Gasteiger partial charge in [0.05, 0.1) is 8.41 Å². The van der Waals surface area contributed by atoms with E-state index < -0.39 is 0 Å². The zero-order valence-corrected chi connectivity index (χ0v) is 7.36. The monoisotopic (exact) mass is 188 g/mol. The van der Waals surface area contributed by atoms with Crippen LogP contribution < -0.4 is 0 Å². The van der Waals surface area contributed by atoms with Crippen LogP contribution in [0.25, 0.3) is 0 Å². The average molecular weight is 187 g/mol. The molecule has 1 nitrogen and oxygen atoms in total. The molecule has 0 aliphatic heterocycles. The van der Waals surface area contributed by atoms with E-state index in [0.29, 0.717) is 0 Å². The molecule has 4 heteroatoms. The van der Waals surface area contributed by atoms with Crippen molar-refractivity contribution >= 4 is 42.2 Å². The predicted molar refractivity (Wildman–Crippen MR) is 33.2 cm³/mol. The molecule has 0 amide bonds. The van der Waals surface area contributed by atoms with Crippen molar-refractivity contribution in [2.24, 2.45) is 0 Å². The van der Waals surface area contributed by atoms with Crippen molar-refractivity contribution in [1.29, 1.82) is 0 Å². The summed E-state index contributed by atoms with van der Waals surface area (Å²) in [5.74, 6) is 0. The molecule has 0 aliphatic rings. The quantitative estimate of drug-likeness (QED) is 0.288. The molecule has 0 aliphatic carbocycles. The predicted octanol–water partition coefficient (Wildman–Crippen LogP) is -2.87. The number of hydrogen-bond acceptors (Lipinski definition) is 0. The van der Waals surface area contributed by atoms with E-state index in [1.54, 1.807) is 0 Å². The Morgan fingerprint density at radius 1 is 1.00 bits per heavy atom. The van der Waals surface area contributed by atoms with E-state index in [-0.39, 0.29) is 47.7 Å². The maximum absolute atomic E-state index is 0. The van der Waals surface area contributed by atoms with Crippen LogP contribution in [0, 0.1) is 0 Å². The molecule has 0 spiro atoms. The number of rotatable bonds is 0. The molecule has 0 bridgehead atoms. The molecule has 1 atom stereocenters. The Kier molecular flexibility index (Phi) is 433. The van der Waals surface area contributed by atoms with Gasteiger partial charge in [0.1, 0.15) is 0 Å². The normalized spacial score (nSPS) is 0. The molecule has 0 aromatic heterocycles. The molecule has 0 aromatic carbocycles. The van der Waals surface area contributed by atoms with Crippen LogP contribution in [0.2, 0.25) is 0 Å². The molecule has 2 radical (unpaired) electrons. The summed E-state index contributed by atoms with van der Waals surface area (Å²) in [7, 11) is 0. The first-order valence-corrected chi connectivity index (χ1v) is 0. The van der Waals surface area contributed by atoms with Crippen molar-refractivity contribution in [3.8, 4) is 0 Å². The molecular weight excluding hydrogens is 176 g/mol. The van der Waals surface area contributed by atoms with Crippen molar-refractivity contribution in [3.63, 3.8) is 0 Å². The standard InChI is InChI=1S/BH3.H2O.H3P.Sn.2H/h1H3;1H2;1H3;;;. The van der Waals surface area contributed by atoms with Crippen LogP contribution >= 0.6 is 9.90 Å². The Hall–Kier alpha value is 1.25. The Morgan fingerprint density at radius 3 is 1.00 bits per heavy atom. The summed E-state index contributed by atoms with van der Waals surface area (Å²) in [6, 6.07) is 0. The zero-order chi connectivity index (χ0) is 0. The van der Waals surface area contributed by atoms with E-state index in [9.17, 15) is 0 Å². The molecule has 0 aromatic rings. The van der Waals surface area contributed by atoms with Crippen LogP contribution in [0.15, 0.2) is 0 Å². The molecule has 4 heavy (non-hydrogen) atoms. The SMILES string of the molecule is B.O.P.[SnH2]. The summed E-state index contributed by atoms with van der Waals surface area (Å²) in [5, 5.41) is 0. The van der Waals surface area contributed by atoms with Gasteiger partial charge in [0, 0.05) is 0 Å². The van der Waals surface area contributed by atoms with Crippen molar-refractivity contribution in [3.05, 3.63) is 0 Å². The molecule has 0 saturated heterocycles. The van der Waals surface area contributed by atoms with E-state index in [1.807, 2.05) is 0 Å². The molecule has 0 fully saturated rings. The van der Waals surface area contributed by atoms with Crippen LogP contribution in [0.3, 0.4) is 0 Å². The third-order valence-corrected chi connectivity index (χ3v) is 0. The molecule has 1 unspecified atom stereocenters. The Balaban J connectivity index is 0. The maximum atomic E-state index is 0. The van der Waals surface area contributed by atoms with E-state index in [1.165, 1.54) is 0 Å². The van der Waals surface area contributed by atoms with Gasteiger partial charge in [-0.15, -0.1) is 0 Å². The summed E-state index contributed by atoms with van der Waals surface area (Å²) in [6.45, 7) is 0. The molecular formula is H10BOPSn. The average Bonchev–Trinajstić information content (AvgIpc) is 0. The van der Waals surface area contributed by atoms with Gasteiger partial charge in [0.2, 0.25) is 0 Å². The van der Waals surface area contributed by atoms with E-state index in [2.05, 4.69) is 0 Å². The van der Waals surface area contributed by atoms with Gasteiger partial charge >= 0.3 is 23.9 Å². The van der Waals surface area contributed by atoms with E-state index >= 15 is 0 Å². The second kappa shape index (κ2) is 28.7. The Labute approximate surface area is 48.0 Å². The third-order valence-electron chi connectivity index (χ3n) is 0. The van der Waals surface area contributed by atoms with Crippen molar-refractivity contribution in [2.75, 3.05) is 0 Å². The minimum atomic E-state index is 0. The zero-order valence-electron chi connectivity index (χ0n) is 1.91. The van der Waals surface area contributed by atoms with Gasteiger partial charge in [-0.25, -0.2) is 0 Å². The summed E-state index contributed by atoms with van der Waals surface area (Å²) < 4.78 is 0. The van der Waals surface area contributed by atoms with E-state index in [0.717, 1.165) is 0 Å². The first kappa shape index (κ1) is 60.5. The first-order valence-electron chi connectivity index (χ1n) is 0. The molecule has 28 valence electrons. The van der Waals surface area contributed by atoms with Crippen molar-refractivity contribution in [1.82, 2.24) is 0 Å². The first-order chi connectivity index (χ1) is 0. The second-order valence-corrected chi connectivity index (χ2v) is 0. The fourth-order valence-corrected chi connectivity index (χ4v) is 0. The van der Waals surface area contributed by atoms with Gasteiger partial charge in [0.25, 0.3) is 0 Å². The molecule has 0 saturated carbocycles. The van der Waals surface area contributed by atoms with Gasteiger partial charge in [0.15, 0.2) is 0 Å². The third kappa shape index (κ3) is 10.5. The van der Waals surface area contributed by atoms with Gasteiger partial charge in [-0.3, -0.25) is 0 Å².